The summed E-state index contributed by atoms with van der Waals surface area (Å²) in [6.07, 6.45) is 2.34. The van der Waals surface area contributed by atoms with Crippen molar-refractivity contribution in [3.05, 3.63) is 34.2 Å². The maximum absolute atomic E-state index is 12.4. The number of H-pyrrole nitrogens is 1. The summed E-state index contributed by atoms with van der Waals surface area (Å²) in [7, 11) is 0. The van der Waals surface area contributed by atoms with Crippen molar-refractivity contribution >= 4 is 5.91 Å². The molecular formula is C13H16N2O3. The maximum atomic E-state index is 12.4. The van der Waals surface area contributed by atoms with Crippen LogP contribution >= 0.6 is 0 Å². The van der Waals surface area contributed by atoms with Crippen LogP contribution in [0.3, 0.4) is 0 Å². The van der Waals surface area contributed by atoms with E-state index in [4.69, 9.17) is 4.74 Å². The third-order valence-corrected chi connectivity index (χ3v) is 3.59. The van der Waals surface area contributed by atoms with Gasteiger partial charge in [-0.25, -0.2) is 0 Å². The fourth-order valence-corrected chi connectivity index (χ4v) is 2.47. The van der Waals surface area contributed by atoms with Crippen molar-refractivity contribution in [2.45, 2.75) is 18.9 Å². The first kappa shape index (κ1) is 11.5. The normalized spacial score (nSPS) is 24.0. The summed E-state index contributed by atoms with van der Waals surface area (Å²) in [5, 5.41) is 0. The zero-order chi connectivity index (χ0) is 12.5. The molecule has 96 valence electrons. The molecule has 5 heteroatoms. The highest BCUT2D eigenvalue weighted by atomic mass is 16.5. The molecule has 0 spiro atoms. The number of ether oxygens (including phenoxy) is 1. The van der Waals surface area contributed by atoms with Gasteiger partial charge in [0.1, 0.15) is 5.69 Å². The standard InChI is InChI=1S/C13H16N2O3/c16-12-3-1-2-10(14-12)13(17)15-6-7-18-8-11(15)9-4-5-9/h1-3,9,11H,4-8H2,(H,14,16). The van der Waals surface area contributed by atoms with E-state index in [9.17, 15) is 9.59 Å². The van der Waals surface area contributed by atoms with Gasteiger partial charge in [0.05, 0.1) is 19.3 Å². The van der Waals surface area contributed by atoms with E-state index in [-0.39, 0.29) is 17.5 Å². The number of morpholine rings is 1. The van der Waals surface area contributed by atoms with Crippen molar-refractivity contribution in [1.82, 2.24) is 9.88 Å². The first-order valence-electron chi connectivity index (χ1n) is 6.34. The average Bonchev–Trinajstić information content (AvgIpc) is 3.22. The maximum Gasteiger partial charge on any atom is 0.270 e. The number of nitrogens with zero attached hydrogens (tertiary/aromatic N) is 1. The summed E-state index contributed by atoms with van der Waals surface area (Å²) < 4.78 is 5.46. The second-order valence-electron chi connectivity index (χ2n) is 4.91. The Labute approximate surface area is 105 Å². The molecule has 18 heavy (non-hydrogen) atoms. The largest absolute Gasteiger partial charge is 0.377 e. The van der Waals surface area contributed by atoms with Crippen LogP contribution in [0, 0.1) is 5.92 Å². The molecular weight excluding hydrogens is 232 g/mol. The van der Waals surface area contributed by atoms with Crippen molar-refractivity contribution in [1.29, 1.82) is 0 Å². The quantitative estimate of drug-likeness (QED) is 0.834. The second-order valence-corrected chi connectivity index (χ2v) is 4.91. The molecule has 3 rings (SSSR count). The van der Waals surface area contributed by atoms with E-state index in [2.05, 4.69) is 4.98 Å². The summed E-state index contributed by atoms with van der Waals surface area (Å²) in [6, 6.07) is 4.85. The number of aromatic amines is 1. The van der Waals surface area contributed by atoms with Gasteiger partial charge in [0, 0.05) is 12.6 Å². The van der Waals surface area contributed by atoms with Gasteiger partial charge in [0.25, 0.3) is 5.91 Å². The lowest BCUT2D eigenvalue weighted by Crippen LogP contribution is -2.50. The third kappa shape index (κ3) is 2.18. The Kier molecular flexibility index (Phi) is 2.91. The van der Waals surface area contributed by atoms with Gasteiger partial charge in [0.2, 0.25) is 5.56 Å². The molecule has 1 aromatic heterocycles. The van der Waals surface area contributed by atoms with Crippen LogP contribution in [-0.2, 0) is 4.74 Å². The van der Waals surface area contributed by atoms with Gasteiger partial charge in [-0.2, -0.15) is 0 Å². The molecule has 2 fully saturated rings. The van der Waals surface area contributed by atoms with Gasteiger partial charge >= 0.3 is 0 Å². The van der Waals surface area contributed by atoms with Crippen molar-refractivity contribution in [2.75, 3.05) is 19.8 Å². The van der Waals surface area contributed by atoms with Crippen molar-refractivity contribution < 1.29 is 9.53 Å². The Hall–Kier alpha value is -1.62. The molecule has 1 saturated heterocycles. The van der Waals surface area contributed by atoms with Gasteiger partial charge in [-0.3, -0.25) is 9.59 Å². The van der Waals surface area contributed by atoms with E-state index < -0.39 is 0 Å². The number of carbonyl (C=O) groups excluding carboxylic acids is 1. The van der Waals surface area contributed by atoms with E-state index >= 15 is 0 Å². The molecule has 1 saturated carbocycles. The van der Waals surface area contributed by atoms with Crippen LogP contribution in [0.5, 0.6) is 0 Å². The number of aromatic nitrogens is 1. The number of pyridine rings is 1. The first-order chi connectivity index (χ1) is 8.75. The lowest BCUT2D eigenvalue weighted by Gasteiger charge is -2.35. The summed E-state index contributed by atoms with van der Waals surface area (Å²) in [5.41, 5.74) is 0.132. The predicted molar refractivity (Wildman–Crippen MR) is 65.4 cm³/mol. The van der Waals surface area contributed by atoms with Crippen molar-refractivity contribution in [2.24, 2.45) is 5.92 Å². The summed E-state index contributed by atoms with van der Waals surface area (Å²) >= 11 is 0. The van der Waals surface area contributed by atoms with Crippen LogP contribution in [0.4, 0.5) is 0 Å². The first-order valence-corrected chi connectivity index (χ1v) is 6.34. The minimum Gasteiger partial charge on any atom is -0.377 e. The SMILES string of the molecule is O=C(c1cccc(=O)[nH]1)N1CCOCC1C1CC1. The molecule has 1 aromatic rings. The monoisotopic (exact) mass is 248 g/mol. The van der Waals surface area contributed by atoms with Crippen molar-refractivity contribution in [3.63, 3.8) is 0 Å². The molecule has 2 aliphatic rings. The van der Waals surface area contributed by atoms with Gasteiger partial charge in [-0.15, -0.1) is 0 Å². The van der Waals surface area contributed by atoms with E-state index in [0.29, 0.717) is 31.4 Å². The summed E-state index contributed by atoms with van der Waals surface area (Å²) in [5.74, 6) is 0.484. The van der Waals surface area contributed by atoms with Gasteiger partial charge in [-0.1, -0.05) is 6.07 Å². The Balaban J connectivity index is 1.83. The van der Waals surface area contributed by atoms with Gasteiger partial charge in [-0.05, 0) is 24.8 Å². The number of nitrogens with one attached hydrogen (secondary N) is 1. The molecule has 1 aliphatic heterocycles. The van der Waals surface area contributed by atoms with E-state index in [0.717, 1.165) is 0 Å². The Bertz CT molecular complexity index is 507. The molecule has 1 amide bonds. The van der Waals surface area contributed by atoms with E-state index in [1.807, 2.05) is 4.90 Å². The number of hydrogen-bond donors (Lipinski definition) is 1. The molecule has 1 atom stereocenters. The predicted octanol–water partition coefficient (Wildman–Crippen LogP) is 0.626. The second kappa shape index (κ2) is 4.57. The smallest absolute Gasteiger partial charge is 0.270 e. The Morgan fingerprint density at radius 1 is 1.39 bits per heavy atom. The lowest BCUT2D eigenvalue weighted by molar-refractivity contribution is -0.00865. The van der Waals surface area contributed by atoms with E-state index in [1.54, 1.807) is 12.1 Å². The van der Waals surface area contributed by atoms with Crippen LogP contribution in [0.2, 0.25) is 0 Å². The minimum absolute atomic E-state index is 0.0899. The molecule has 2 heterocycles. The number of rotatable bonds is 2. The van der Waals surface area contributed by atoms with Crippen LogP contribution in [-0.4, -0.2) is 41.6 Å². The van der Waals surface area contributed by atoms with Crippen LogP contribution in [0.15, 0.2) is 23.0 Å². The van der Waals surface area contributed by atoms with Gasteiger partial charge in [0.15, 0.2) is 0 Å². The summed E-state index contributed by atoms with van der Waals surface area (Å²) in [6.45, 7) is 1.80. The molecule has 1 aliphatic carbocycles. The Morgan fingerprint density at radius 3 is 2.94 bits per heavy atom. The van der Waals surface area contributed by atoms with Crippen LogP contribution in [0.1, 0.15) is 23.3 Å². The number of hydrogen-bond acceptors (Lipinski definition) is 3. The molecule has 5 nitrogen and oxygen atoms in total. The minimum atomic E-state index is -0.239. The summed E-state index contributed by atoms with van der Waals surface area (Å²) in [4.78, 5) is 28.1. The zero-order valence-corrected chi connectivity index (χ0v) is 10.1. The average molecular weight is 248 g/mol. The number of amides is 1. The highest BCUT2D eigenvalue weighted by molar-refractivity contribution is 5.92. The van der Waals surface area contributed by atoms with Gasteiger partial charge < -0.3 is 14.6 Å². The van der Waals surface area contributed by atoms with Crippen molar-refractivity contribution in [3.8, 4) is 0 Å². The molecule has 0 aromatic carbocycles. The zero-order valence-electron chi connectivity index (χ0n) is 10.1. The topological polar surface area (TPSA) is 62.4 Å². The number of carbonyl (C=O) groups is 1. The highest BCUT2D eigenvalue weighted by Crippen LogP contribution is 2.36. The molecule has 0 radical (unpaired) electrons. The molecule has 1 unspecified atom stereocenters. The highest BCUT2D eigenvalue weighted by Gasteiger charge is 2.39. The molecule has 1 N–H and O–H groups in total. The van der Waals surface area contributed by atoms with Crippen LogP contribution in [0.25, 0.3) is 0 Å². The fraction of sp³-hybridized carbons (Fsp3) is 0.538. The third-order valence-electron chi connectivity index (χ3n) is 3.59. The van der Waals surface area contributed by atoms with E-state index in [1.165, 1.54) is 18.9 Å². The molecule has 0 bridgehead atoms. The fourth-order valence-electron chi connectivity index (χ4n) is 2.47. The van der Waals surface area contributed by atoms with Crippen LogP contribution < -0.4 is 5.56 Å². The lowest BCUT2D eigenvalue weighted by atomic mass is 10.1. The Morgan fingerprint density at radius 2 is 2.22 bits per heavy atom.